The van der Waals surface area contributed by atoms with Crippen LogP contribution in [0.4, 0.5) is 18.9 Å². The monoisotopic (exact) mass is 590 g/mol. The van der Waals surface area contributed by atoms with Crippen molar-refractivity contribution >= 4 is 17.6 Å². The van der Waals surface area contributed by atoms with Crippen molar-refractivity contribution in [3.8, 4) is 11.5 Å². The van der Waals surface area contributed by atoms with E-state index in [2.05, 4.69) is 10.6 Å². The van der Waals surface area contributed by atoms with Crippen LogP contribution in [0, 0.1) is 41.1 Å². The number of carbonyl (C=O) groups excluding carboxylic acids is 2. The van der Waals surface area contributed by atoms with Crippen LogP contribution in [0.25, 0.3) is 0 Å². The van der Waals surface area contributed by atoms with E-state index in [4.69, 9.17) is 14.2 Å². The Morgan fingerprint density at radius 1 is 0.976 bits per heavy atom. The summed E-state index contributed by atoms with van der Waals surface area (Å²) in [5, 5.41) is 16.8. The smallest absolute Gasteiger partial charge is 0.308 e. The second-order valence-corrected chi connectivity index (χ2v) is 11.4. The number of anilines is 1. The minimum atomic E-state index is -1.34. The molecule has 228 valence electrons. The first-order chi connectivity index (χ1) is 20.2. The van der Waals surface area contributed by atoms with E-state index in [1.54, 1.807) is 6.92 Å². The molecule has 0 spiro atoms. The number of hydrogen-bond acceptors (Lipinski definition) is 7. The molecular formula is C31H37F3N2O6. The van der Waals surface area contributed by atoms with E-state index >= 15 is 4.39 Å². The Balaban J connectivity index is 1.29. The molecule has 5 atom stereocenters. The minimum absolute atomic E-state index is 0.00622. The number of hydrogen-bond donors (Lipinski definition) is 3. The number of fused-ring (bicyclic) bond motifs is 2. The van der Waals surface area contributed by atoms with E-state index in [9.17, 15) is 23.5 Å². The number of benzene rings is 2. The SMILES string of the molecule is CCOC(=O)[C@H]1CC[C@@H](Oc2cc(C(O)N[C@@H]3[C@H]4CC[C@H](C4)[C@@H]3C(=O)Nc3c(F)cccc3F)c(OC)cc2F)CC1. The zero-order chi connectivity index (χ0) is 30.0. The second kappa shape index (κ2) is 12.9. The average Bonchev–Trinajstić information content (AvgIpc) is 3.58. The van der Waals surface area contributed by atoms with Crippen LogP contribution in [0.3, 0.4) is 0 Å². The molecule has 0 heterocycles. The van der Waals surface area contributed by atoms with Gasteiger partial charge in [-0.2, -0.15) is 0 Å². The van der Waals surface area contributed by atoms with Gasteiger partial charge in [0.2, 0.25) is 5.91 Å². The van der Waals surface area contributed by atoms with E-state index in [0.717, 1.165) is 37.5 Å². The molecule has 1 amide bonds. The van der Waals surface area contributed by atoms with Crippen molar-refractivity contribution in [3.63, 3.8) is 0 Å². The lowest BCUT2D eigenvalue weighted by Gasteiger charge is -2.33. The summed E-state index contributed by atoms with van der Waals surface area (Å²) in [5.41, 5.74) is -0.265. The standard InChI is InChI=1S/C31H37F3N2O6/c1-3-41-31(39)16-9-11-19(12-10-16)42-25-14-20(24(40-2)15-23(25)34)29(37)35-27-18-8-7-17(13-18)26(27)30(38)36-28-21(32)5-4-6-22(28)33/h4-6,14-19,26-27,29,35,37H,3,7-13H2,1-2H3,(H,36,38)/t16-,17-,18+,19+,26+,27-,29?/m1/s1. The number of amides is 1. The number of aliphatic hydroxyl groups excluding tert-OH is 1. The summed E-state index contributed by atoms with van der Waals surface area (Å²) in [6.07, 6.45) is 2.98. The third kappa shape index (κ3) is 6.22. The van der Waals surface area contributed by atoms with Crippen LogP contribution in [0.15, 0.2) is 30.3 Å². The summed E-state index contributed by atoms with van der Waals surface area (Å²) in [6.45, 7) is 2.09. The van der Waals surface area contributed by atoms with E-state index < -0.39 is 47.2 Å². The topological polar surface area (TPSA) is 106 Å². The molecule has 11 heteroatoms. The van der Waals surface area contributed by atoms with E-state index in [1.807, 2.05) is 0 Å². The van der Waals surface area contributed by atoms with Gasteiger partial charge in [-0.15, -0.1) is 0 Å². The van der Waals surface area contributed by atoms with Gasteiger partial charge in [0, 0.05) is 17.7 Å². The van der Waals surface area contributed by atoms with Gasteiger partial charge in [0.1, 0.15) is 29.3 Å². The summed E-state index contributed by atoms with van der Waals surface area (Å²) in [7, 11) is 1.36. The molecule has 3 fully saturated rings. The number of aliphatic hydroxyl groups is 1. The third-order valence-electron chi connectivity index (χ3n) is 8.95. The molecule has 1 unspecified atom stereocenters. The van der Waals surface area contributed by atoms with Crippen LogP contribution in [0.5, 0.6) is 11.5 Å². The maximum absolute atomic E-state index is 15.0. The lowest BCUT2D eigenvalue weighted by molar-refractivity contribution is -0.149. The fourth-order valence-corrected chi connectivity index (χ4v) is 6.89. The van der Waals surface area contributed by atoms with Crippen molar-refractivity contribution in [3.05, 3.63) is 53.3 Å². The molecule has 5 rings (SSSR count). The Morgan fingerprint density at radius 2 is 1.67 bits per heavy atom. The van der Waals surface area contributed by atoms with Gasteiger partial charge in [-0.25, -0.2) is 13.2 Å². The van der Waals surface area contributed by atoms with Gasteiger partial charge in [-0.1, -0.05) is 6.07 Å². The third-order valence-corrected chi connectivity index (χ3v) is 8.95. The highest BCUT2D eigenvalue weighted by molar-refractivity contribution is 5.94. The fourth-order valence-electron chi connectivity index (χ4n) is 6.89. The molecular weight excluding hydrogens is 553 g/mol. The number of methoxy groups -OCH3 is 1. The molecule has 3 saturated carbocycles. The predicted octanol–water partition coefficient (Wildman–Crippen LogP) is 5.25. The molecule has 0 radical (unpaired) electrons. The Hall–Kier alpha value is -3.31. The summed E-state index contributed by atoms with van der Waals surface area (Å²) in [6, 6.07) is 5.43. The van der Waals surface area contributed by atoms with Gasteiger partial charge in [-0.05, 0) is 81.9 Å². The largest absolute Gasteiger partial charge is 0.496 e. The van der Waals surface area contributed by atoms with Crippen LogP contribution >= 0.6 is 0 Å². The summed E-state index contributed by atoms with van der Waals surface area (Å²) in [4.78, 5) is 25.3. The molecule has 0 saturated heterocycles. The number of nitrogens with one attached hydrogen (secondary N) is 2. The lowest BCUT2D eigenvalue weighted by atomic mass is 9.83. The van der Waals surface area contributed by atoms with Crippen molar-refractivity contribution in [1.82, 2.24) is 5.32 Å². The van der Waals surface area contributed by atoms with Crippen molar-refractivity contribution in [2.45, 2.75) is 70.2 Å². The number of esters is 1. The van der Waals surface area contributed by atoms with Gasteiger partial charge in [0.15, 0.2) is 11.6 Å². The highest BCUT2D eigenvalue weighted by Crippen LogP contribution is 2.50. The van der Waals surface area contributed by atoms with Gasteiger partial charge in [0.25, 0.3) is 0 Å². The maximum atomic E-state index is 15.0. The van der Waals surface area contributed by atoms with Crippen LogP contribution in [-0.4, -0.2) is 42.8 Å². The average molecular weight is 591 g/mol. The molecule has 3 aliphatic rings. The number of carbonyl (C=O) groups is 2. The predicted molar refractivity (Wildman–Crippen MR) is 147 cm³/mol. The summed E-state index contributed by atoms with van der Waals surface area (Å²) >= 11 is 0. The van der Waals surface area contributed by atoms with E-state index in [1.165, 1.54) is 19.2 Å². The fraction of sp³-hybridized carbons (Fsp3) is 0.548. The van der Waals surface area contributed by atoms with Gasteiger partial charge in [-0.3, -0.25) is 14.9 Å². The van der Waals surface area contributed by atoms with Gasteiger partial charge in [0.05, 0.1) is 31.7 Å². The zero-order valence-electron chi connectivity index (χ0n) is 23.7. The number of para-hydroxylation sites is 1. The molecule has 2 aromatic rings. The van der Waals surface area contributed by atoms with Crippen LogP contribution < -0.4 is 20.1 Å². The lowest BCUT2D eigenvalue weighted by Crippen LogP contribution is -2.47. The summed E-state index contributed by atoms with van der Waals surface area (Å²) < 4.78 is 59.9. The maximum Gasteiger partial charge on any atom is 0.308 e. The Bertz CT molecular complexity index is 1280. The molecule has 3 aliphatic carbocycles. The minimum Gasteiger partial charge on any atom is -0.496 e. The van der Waals surface area contributed by atoms with Crippen molar-refractivity contribution in [1.29, 1.82) is 0 Å². The molecule has 8 nitrogen and oxygen atoms in total. The molecule has 2 bridgehead atoms. The van der Waals surface area contributed by atoms with Crippen LogP contribution in [0.1, 0.15) is 63.7 Å². The molecule has 2 aromatic carbocycles. The van der Waals surface area contributed by atoms with E-state index in [-0.39, 0.29) is 46.9 Å². The second-order valence-electron chi connectivity index (χ2n) is 11.4. The normalized spacial score (nSPS) is 27.4. The first-order valence-corrected chi connectivity index (χ1v) is 14.6. The molecule has 3 N–H and O–H groups in total. The van der Waals surface area contributed by atoms with Gasteiger partial charge < -0.3 is 24.6 Å². The Labute approximate surface area is 242 Å². The van der Waals surface area contributed by atoms with Crippen molar-refractivity contribution in [2.75, 3.05) is 19.0 Å². The van der Waals surface area contributed by atoms with Crippen LogP contribution in [0.2, 0.25) is 0 Å². The van der Waals surface area contributed by atoms with Crippen molar-refractivity contribution in [2.24, 2.45) is 23.7 Å². The Morgan fingerprint density at radius 3 is 2.33 bits per heavy atom. The Kier molecular flexibility index (Phi) is 9.27. The highest BCUT2D eigenvalue weighted by atomic mass is 19.1. The number of halogens is 3. The molecule has 0 aliphatic heterocycles. The highest BCUT2D eigenvalue weighted by Gasteiger charge is 2.51. The number of rotatable bonds is 10. The summed E-state index contributed by atoms with van der Waals surface area (Å²) in [5.74, 6) is -3.85. The van der Waals surface area contributed by atoms with Crippen molar-refractivity contribution < 1.29 is 42.1 Å². The zero-order valence-corrected chi connectivity index (χ0v) is 23.7. The van der Waals surface area contributed by atoms with E-state index in [0.29, 0.717) is 32.3 Å². The molecule has 42 heavy (non-hydrogen) atoms. The first-order valence-electron chi connectivity index (χ1n) is 14.6. The first kappa shape index (κ1) is 30.2. The van der Waals surface area contributed by atoms with Gasteiger partial charge >= 0.3 is 5.97 Å². The quantitative estimate of drug-likeness (QED) is 0.257. The van der Waals surface area contributed by atoms with Crippen LogP contribution in [-0.2, 0) is 14.3 Å². The number of ether oxygens (including phenoxy) is 3. The molecule has 0 aromatic heterocycles.